The number of hydrogen-bond donors (Lipinski definition) is 1. The molecule has 0 amide bonds. The van der Waals surface area contributed by atoms with Gasteiger partial charge in [-0.25, -0.2) is 0 Å². The number of aliphatic hydroxyl groups is 1. The Balaban J connectivity index is 1.94. The van der Waals surface area contributed by atoms with E-state index in [1.54, 1.807) is 0 Å². The monoisotopic (exact) mass is 303 g/mol. The van der Waals surface area contributed by atoms with Gasteiger partial charge in [-0.05, 0) is 30.7 Å². The summed E-state index contributed by atoms with van der Waals surface area (Å²) in [6, 6.07) is 5.84. The van der Waals surface area contributed by atoms with E-state index in [1.807, 2.05) is 25.1 Å². The van der Waals surface area contributed by atoms with Gasteiger partial charge >= 0.3 is 0 Å². The Hall–Kier alpha value is -0.0900. The highest BCUT2D eigenvalue weighted by Gasteiger charge is 2.30. The number of rotatable bonds is 3. The van der Waals surface area contributed by atoms with Crippen LogP contribution >= 0.6 is 27.5 Å². The van der Waals surface area contributed by atoms with Gasteiger partial charge in [0, 0.05) is 35.0 Å². The van der Waals surface area contributed by atoms with E-state index in [9.17, 15) is 5.11 Å². The van der Waals surface area contributed by atoms with Crippen molar-refractivity contribution in [2.24, 2.45) is 5.92 Å². The minimum atomic E-state index is -0.195. The lowest BCUT2D eigenvalue weighted by Gasteiger charge is -2.41. The lowest BCUT2D eigenvalue weighted by molar-refractivity contribution is 0.00111. The van der Waals surface area contributed by atoms with Crippen LogP contribution in [0.3, 0.4) is 0 Å². The third-order valence-corrected chi connectivity index (χ3v) is 4.08. The minimum absolute atomic E-state index is 0.195. The molecular weight excluding hydrogens is 289 g/mol. The number of nitrogens with zero attached hydrogens (tertiary/aromatic N) is 1. The van der Waals surface area contributed by atoms with Crippen molar-refractivity contribution in [2.45, 2.75) is 19.6 Å². The second-order valence-corrected chi connectivity index (χ2v) is 5.72. The smallest absolute Gasteiger partial charge is 0.0564 e. The molecule has 1 aromatic carbocycles. The van der Waals surface area contributed by atoms with Crippen molar-refractivity contribution >= 4 is 27.5 Å². The molecule has 1 saturated heterocycles. The zero-order chi connectivity index (χ0) is 11.7. The summed E-state index contributed by atoms with van der Waals surface area (Å²) in [5.41, 5.74) is 1.21. The molecular formula is C12H15BrClNO. The van der Waals surface area contributed by atoms with Gasteiger partial charge in [-0.3, -0.25) is 4.90 Å². The third kappa shape index (κ3) is 2.77. The van der Waals surface area contributed by atoms with E-state index in [0.29, 0.717) is 5.92 Å². The van der Waals surface area contributed by atoms with Crippen LogP contribution in [0.4, 0.5) is 0 Å². The van der Waals surface area contributed by atoms with E-state index in [-0.39, 0.29) is 6.10 Å². The highest BCUT2D eigenvalue weighted by Crippen LogP contribution is 2.26. The fourth-order valence-corrected chi connectivity index (χ4v) is 2.52. The highest BCUT2D eigenvalue weighted by atomic mass is 79.9. The number of hydrogen-bond acceptors (Lipinski definition) is 2. The first-order chi connectivity index (χ1) is 7.56. The van der Waals surface area contributed by atoms with Crippen molar-refractivity contribution in [2.75, 3.05) is 13.1 Å². The zero-order valence-electron chi connectivity index (χ0n) is 9.16. The molecule has 1 aliphatic heterocycles. The van der Waals surface area contributed by atoms with Crippen LogP contribution in [0.15, 0.2) is 22.7 Å². The highest BCUT2D eigenvalue weighted by molar-refractivity contribution is 9.10. The number of halogens is 2. The van der Waals surface area contributed by atoms with Crippen LogP contribution in [0.25, 0.3) is 0 Å². The average Bonchev–Trinajstić information content (AvgIpc) is 2.15. The third-order valence-electron chi connectivity index (χ3n) is 3.07. The normalized spacial score (nSPS) is 19.5. The van der Waals surface area contributed by atoms with Crippen molar-refractivity contribution in [1.82, 2.24) is 4.90 Å². The van der Waals surface area contributed by atoms with E-state index < -0.39 is 0 Å². The summed E-state index contributed by atoms with van der Waals surface area (Å²) in [6.07, 6.45) is -0.195. The quantitative estimate of drug-likeness (QED) is 0.928. The topological polar surface area (TPSA) is 23.5 Å². The van der Waals surface area contributed by atoms with Gasteiger partial charge in [0.1, 0.15) is 0 Å². The molecule has 1 heterocycles. The summed E-state index contributed by atoms with van der Waals surface area (Å²) in [6.45, 7) is 4.69. The Morgan fingerprint density at radius 3 is 2.88 bits per heavy atom. The van der Waals surface area contributed by atoms with Crippen molar-refractivity contribution in [3.05, 3.63) is 33.3 Å². The van der Waals surface area contributed by atoms with Crippen molar-refractivity contribution in [3.63, 3.8) is 0 Å². The molecule has 0 aliphatic carbocycles. The van der Waals surface area contributed by atoms with Crippen LogP contribution in [0, 0.1) is 5.92 Å². The molecule has 1 fully saturated rings. The van der Waals surface area contributed by atoms with E-state index in [4.69, 9.17) is 11.6 Å². The maximum Gasteiger partial charge on any atom is 0.0564 e. The van der Waals surface area contributed by atoms with Crippen LogP contribution < -0.4 is 0 Å². The lowest BCUT2D eigenvalue weighted by atomic mass is 9.94. The molecule has 0 bridgehead atoms. The first kappa shape index (κ1) is 12.4. The van der Waals surface area contributed by atoms with Gasteiger partial charge < -0.3 is 5.11 Å². The largest absolute Gasteiger partial charge is 0.393 e. The molecule has 0 spiro atoms. The van der Waals surface area contributed by atoms with Gasteiger partial charge in [0.25, 0.3) is 0 Å². The molecule has 88 valence electrons. The summed E-state index contributed by atoms with van der Waals surface area (Å²) in [4.78, 5) is 2.31. The van der Waals surface area contributed by atoms with E-state index >= 15 is 0 Å². The second-order valence-electron chi connectivity index (χ2n) is 4.43. The molecule has 4 heteroatoms. The van der Waals surface area contributed by atoms with Crippen LogP contribution in [0.1, 0.15) is 12.5 Å². The van der Waals surface area contributed by atoms with E-state index in [0.717, 1.165) is 29.1 Å². The van der Waals surface area contributed by atoms with Gasteiger partial charge in [0.15, 0.2) is 0 Å². The lowest BCUT2D eigenvalue weighted by Crippen LogP contribution is -2.50. The molecule has 2 nitrogen and oxygen atoms in total. The maximum absolute atomic E-state index is 9.40. The molecule has 1 aliphatic rings. The van der Waals surface area contributed by atoms with Crippen molar-refractivity contribution in [3.8, 4) is 0 Å². The van der Waals surface area contributed by atoms with Crippen LogP contribution in [-0.4, -0.2) is 29.2 Å². The molecule has 1 unspecified atom stereocenters. The summed E-state index contributed by atoms with van der Waals surface area (Å²) in [5, 5.41) is 10.2. The SMILES string of the molecule is CC(O)C1CN(Cc2cc(Cl)ccc2Br)C1. The second kappa shape index (κ2) is 5.05. The molecule has 1 aromatic rings. The summed E-state index contributed by atoms with van der Waals surface area (Å²) >= 11 is 9.48. The Morgan fingerprint density at radius 2 is 2.25 bits per heavy atom. The van der Waals surface area contributed by atoms with Gasteiger partial charge in [0.05, 0.1) is 6.10 Å². The first-order valence-electron chi connectivity index (χ1n) is 5.40. The predicted molar refractivity (Wildman–Crippen MR) is 69.6 cm³/mol. The zero-order valence-corrected chi connectivity index (χ0v) is 11.5. The maximum atomic E-state index is 9.40. The number of likely N-dealkylation sites (tertiary alicyclic amines) is 1. The van der Waals surface area contributed by atoms with Gasteiger partial charge in [-0.2, -0.15) is 0 Å². The van der Waals surface area contributed by atoms with Gasteiger partial charge in [0.2, 0.25) is 0 Å². The average molecular weight is 305 g/mol. The molecule has 0 radical (unpaired) electrons. The molecule has 1 N–H and O–H groups in total. The van der Waals surface area contributed by atoms with Gasteiger partial charge in [-0.1, -0.05) is 27.5 Å². The molecule has 0 saturated carbocycles. The Labute approximate surface area is 109 Å². The summed E-state index contributed by atoms with van der Waals surface area (Å²) < 4.78 is 1.09. The van der Waals surface area contributed by atoms with Gasteiger partial charge in [-0.15, -0.1) is 0 Å². The number of benzene rings is 1. The molecule has 16 heavy (non-hydrogen) atoms. The Bertz CT molecular complexity index is 377. The minimum Gasteiger partial charge on any atom is -0.393 e. The Morgan fingerprint density at radius 1 is 1.56 bits per heavy atom. The van der Waals surface area contributed by atoms with E-state index in [1.165, 1.54) is 5.56 Å². The Kier molecular flexibility index (Phi) is 3.90. The summed E-state index contributed by atoms with van der Waals surface area (Å²) in [5.74, 6) is 0.429. The van der Waals surface area contributed by atoms with Crippen LogP contribution in [0.2, 0.25) is 5.02 Å². The van der Waals surface area contributed by atoms with Crippen LogP contribution in [-0.2, 0) is 6.54 Å². The number of aliphatic hydroxyl groups excluding tert-OH is 1. The fourth-order valence-electron chi connectivity index (χ4n) is 1.95. The molecule has 0 aromatic heterocycles. The molecule has 2 rings (SSSR count). The van der Waals surface area contributed by atoms with Crippen LogP contribution in [0.5, 0.6) is 0 Å². The fraction of sp³-hybridized carbons (Fsp3) is 0.500. The summed E-state index contributed by atoms with van der Waals surface area (Å²) in [7, 11) is 0. The first-order valence-corrected chi connectivity index (χ1v) is 6.57. The van der Waals surface area contributed by atoms with Crippen molar-refractivity contribution < 1.29 is 5.11 Å². The predicted octanol–water partition coefficient (Wildman–Crippen LogP) is 2.92. The van der Waals surface area contributed by atoms with E-state index in [2.05, 4.69) is 20.8 Å². The standard InChI is InChI=1S/C12H15BrClNO/c1-8(16)10-6-15(7-10)5-9-4-11(14)2-3-12(9)13/h2-4,8,10,16H,5-7H2,1H3. The molecule has 1 atom stereocenters. The van der Waals surface area contributed by atoms with Crippen molar-refractivity contribution in [1.29, 1.82) is 0 Å².